The van der Waals surface area contributed by atoms with Crippen LogP contribution >= 0.6 is 0 Å². The van der Waals surface area contributed by atoms with Crippen molar-refractivity contribution < 1.29 is 14.2 Å². The van der Waals surface area contributed by atoms with Crippen LogP contribution in [0.15, 0.2) is 157 Å². The van der Waals surface area contributed by atoms with E-state index in [0.717, 1.165) is 33.4 Å². The molecule has 0 spiro atoms. The summed E-state index contributed by atoms with van der Waals surface area (Å²) < 4.78 is 27.0. The van der Waals surface area contributed by atoms with E-state index in [1.165, 1.54) is 50.5 Å². The minimum atomic E-state index is -0.489. The molecule has 27 nitrogen and oxygen atoms in total. The topological polar surface area (TPSA) is 323 Å². The number of rotatable bonds is 21. The zero-order chi connectivity index (χ0) is 51.7. The first-order valence-electron chi connectivity index (χ1n) is 22.9. The molecule has 0 saturated heterocycles. The van der Waals surface area contributed by atoms with E-state index in [1.54, 1.807) is 32.6 Å². The lowest BCUT2D eigenvalue weighted by Crippen LogP contribution is -2.28. The fraction of sp³-hybridized carbons (Fsp3) is 0.188. The Bertz CT molecular complexity index is 3540. The molecule has 0 bridgehead atoms. The predicted octanol–water partition coefficient (Wildman–Crippen LogP) is 0.223. The number of nitrogens with one attached hydrogen (secondary N) is 3. The van der Waals surface area contributed by atoms with Gasteiger partial charge in [-0.05, 0) is 33.4 Å². The summed E-state index contributed by atoms with van der Waals surface area (Å²) in [5.74, 6) is 0. The molecule has 0 unspecified atom stereocenters. The maximum atomic E-state index is 12.1. The standard InChI is InChI=1S/C48H42N18O9/c67-40-13-16-61(46(70)49-40)19-31-1-7-34(8-2-31)22-64-25-37(55-58-64)28-73-43-52-44(74-29-38-26-65(59-56-38)23-35-9-3-32(4-10-35)20-62-17-14-41(68)50-47(62)71)54-45(53-43)75-30-39-27-66(60-57-39)24-36-11-5-33(6-12-36)21-63-18-15-42(69)51-48(63)72/h1-18,25-27H,19-24,28-30H2,(H,49,67,70)(H,50,68,71)(H,51,69,72). The summed E-state index contributed by atoms with van der Waals surface area (Å²) in [6, 6.07) is 26.3. The predicted molar refractivity (Wildman–Crippen MR) is 261 cm³/mol. The van der Waals surface area contributed by atoms with E-state index >= 15 is 0 Å². The number of aromatic amines is 3. The molecule has 0 amide bonds. The Balaban J connectivity index is 0.776. The minimum absolute atomic E-state index is 0.0718. The van der Waals surface area contributed by atoms with Crippen molar-refractivity contribution in [2.24, 2.45) is 0 Å². The number of H-pyrrole nitrogens is 3. The SMILES string of the molecule is O=c1ccn(Cc2ccc(Cn3cc(COc4nc(OCc5cn(Cc6ccc(Cn7ccc(=O)[nH]c7=O)cc6)nn5)nc(OCc5cn(Cc6ccc(Cn7ccc(=O)[nH]c7=O)cc6)nn5)n4)nn3)cc2)c(=O)[nH]1. The summed E-state index contributed by atoms with van der Waals surface area (Å²) in [5.41, 5.74) is 3.96. The second kappa shape index (κ2) is 21.9. The molecular weight excluding hydrogens is 973 g/mol. The van der Waals surface area contributed by atoms with Gasteiger partial charge in [-0.2, -0.15) is 0 Å². The summed E-state index contributed by atoms with van der Waals surface area (Å²) in [4.78, 5) is 90.5. The van der Waals surface area contributed by atoms with Gasteiger partial charge in [0.25, 0.3) is 16.7 Å². The van der Waals surface area contributed by atoms with Crippen LogP contribution in [0.25, 0.3) is 0 Å². The zero-order valence-electron chi connectivity index (χ0n) is 39.4. The molecular formula is C48H42N18O9. The Morgan fingerprint density at radius 1 is 0.347 bits per heavy atom. The van der Waals surface area contributed by atoms with Gasteiger partial charge in [0.2, 0.25) is 0 Å². The molecule has 378 valence electrons. The summed E-state index contributed by atoms with van der Waals surface area (Å²) in [7, 11) is 0. The van der Waals surface area contributed by atoms with Crippen molar-refractivity contribution in [2.75, 3.05) is 0 Å². The molecule has 3 aromatic carbocycles. The van der Waals surface area contributed by atoms with Crippen molar-refractivity contribution in [3.05, 3.63) is 241 Å². The summed E-state index contributed by atoms with van der Waals surface area (Å²) in [5, 5.41) is 25.4. The van der Waals surface area contributed by atoms with Gasteiger partial charge >= 0.3 is 35.1 Å². The van der Waals surface area contributed by atoms with Crippen LogP contribution in [0.4, 0.5) is 0 Å². The lowest BCUT2D eigenvalue weighted by molar-refractivity contribution is 0.219. The average molecular weight is 1010 g/mol. The fourth-order valence-corrected chi connectivity index (χ4v) is 7.48. The first kappa shape index (κ1) is 48.2. The van der Waals surface area contributed by atoms with Crippen LogP contribution in [0.1, 0.15) is 50.5 Å². The van der Waals surface area contributed by atoms with Crippen LogP contribution in [-0.2, 0) is 59.1 Å². The summed E-state index contributed by atoms with van der Waals surface area (Å²) >= 11 is 0. The van der Waals surface area contributed by atoms with Gasteiger partial charge in [0, 0.05) is 36.8 Å². The highest BCUT2D eigenvalue weighted by atomic mass is 16.5. The number of hydrogen-bond donors (Lipinski definition) is 3. The molecule has 0 aliphatic carbocycles. The van der Waals surface area contributed by atoms with E-state index in [9.17, 15) is 28.8 Å². The van der Waals surface area contributed by atoms with E-state index in [2.05, 4.69) is 60.8 Å². The smallest absolute Gasteiger partial charge is 0.328 e. The van der Waals surface area contributed by atoms with Crippen LogP contribution in [0.3, 0.4) is 0 Å². The van der Waals surface area contributed by atoms with Crippen LogP contribution in [-0.4, -0.2) is 88.6 Å². The maximum Gasteiger partial charge on any atom is 0.328 e. The molecule has 75 heavy (non-hydrogen) atoms. The number of aromatic nitrogens is 18. The summed E-state index contributed by atoms with van der Waals surface area (Å²) in [6.45, 7) is 1.85. The normalized spacial score (nSPS) is 11.2. The molecule has 10 rings (SSSR count). The van der Waals surface area contributed by atoms with E-state index in [4.69, 9.17) is 14.2 Å². The number of ether oxygens (including phenoxy) is 3. The van der Waals surface area contributed by atoms with Gasteiger partial charge in [-0.1, -0.05) is 88.4 Å². The molecule has 0 fully saturated rings. The highest BCUT2D eigenvalue weighted by Gasteiger charge is 2.15. The zero-order valence-corrected chi connectivity index (χ0v) is 39.4. The third-order valence-electron chi connectivity index (χ3n) is 11.2. The number of benzene rings is 3. The van der Waals surface area contributed by atoms with Gasteiger partial charge in [-0.25, -0.2) is 28.4 Å². The van der Waals surface area contributed by atoms with E-state index in [1.807, 2.05) is 72.8 Å². The molecule has 0 saturated carbocycles. The van der Waals surface area contributed by atoms with Gasteiger partial charge in [-0.15, -0.1) is 30.2 Å². The Labute approximate surface area is 420 Å². The van der Waals surface area contributed by atoms with Gasteiger partial charge < -0.3 is 14.2 Å². The number of nitrogens with zero attached hydrogens (tertiary/aromatic N) is 15. The molecule has 0 radical (unpaired) electrons. The van der Waals surface area contributed by atoms with Gasteiger partial charge in [0.1, 0.15) is 36.9 Å². The van der Waals surface area contributed by atoms with Crippen LogP contribution in [0.2, 0.25) is 0 Å². The van der Waals surface area contributed by atoms with Gasteiger partial charge in [0.15, 0.2) is 0 Å². The Morgan fingerprint density at radius 2 is 0.600 bits per heavy atom. The van der Waals surface area contributed by atoms with Gasteiger partial charge in [0.05, 0.1) is 57.9 Å². The highest BCUT2D eigenvalue weighted by molar-refractivity contribution is 5.25. The Hall–Kier alpha value is -10.5. The lowest BCUT2D eigenvalue weighted by Gasteiger charge is -2.08. The van der Waals surface area contributed by atoms with Crippen LogP contribution in [0.5, 0.6) is 18.0 Å². The molecule has 10 aromatic rings. The van der Waals surface area contributed by atoms with Crippen LogP contribution < -0.4 is 48.0 Å². The Kier molecular flexibility index (Phi) is 14.1. The monoisotopic (exact) mass is 1010 g/mol. The molecule has 0 atom stereocenters. The first-order valence-corrected chi connectivity index (χ1v) is 22.9. The molecule has 0 aliphatic rings. The van der Waals surface area contributed by atoms with Crippen molar-refractivity contribution in [3.63, 3.8) is 0 Å². The quantitative estimate of drug-likeness (QED) is 0.0867. The second-order valence-corrected chi connectivity index (χ2v) is 16.9. The second-order valence-electron chi connectivity index (χ2n) is 16.9. The Morgan fingerprint density at radius 3 is 0.853 bits per heavy atom. The lowest BCUT2D eigenvalue weighted by atomic mass is 10.1. The summed E-state index contributed by atoms with van der Waals surface area (Å²) in [6.07, 6.45) is 9.50. The molecule has 27 heteroatoms. The maximum absolute atomic E-state index is 12.1. The van der Waals surface area contributed by atoms with Crippen molar-refractivity contribution in [1.82, 2.24) is 88.6 Å². The molecule has 3 N–H and O–H groups in total. The van der Waals surface area contributed by atoms with Crippen molar-refractivity contribution in [2.45, 2.75) is 59.1 Å². The van der Waals surface area contributed by atoms with Crippen molar-refractivity contribution in [1.29, 1.82) is 0 Å². The number of hydrogen-bond acceptors (Lipinski definition) is 18. The first-order chi connectivity index (χ1) is 36.5. The molecule has 0 aliphatic heterocycles. The highest BCUT2D eigenvalue weighted by Crippen LogP contribution is 2.19. The van der Waals surface area contributed by atoms with E-state index < -0.39 is 33.7 Å². The average Bonchev–Trinajstić information content (AvgIpc) is 4.18. The van der Waals surface area contributed by atoms with Crippen molar-refractivity contribution >= 4 is 0 Å². The van der Waals surface area contributed by atoms with Crippen molar-refractivity contribution in [3.8, 4) is 18.0 Å². The fourth-order valence-electron chi connectivity index (χ4n) is 7.48. The molecule has 7 heterocycles. The van der Waals surface area contributed by atoms with Crippen LogP contribution in [0, 0.1) is 0 Å². The largest absolute Gasteiger partial charge is 0.457 e. The minimum Gasteiger partial charge on any atom is -0.457 e. The molecule has 7 aromatic heterocycles. The third-order valence-corrected chi connectivity index (χ3v) is 11.2. The van der Waals surface area contributed by atoms with E-state index in [0.29, 0.717) is 56.4 Å². The third kappa shape index (κ3) is 12.9. The van der Waals surface area contributed by atoms with E-state index in [-0.39, 0.29) is 37.9 Å². The van der Waals surface area contributed by atoms with Gasteiger partial charge in [-0.3, -0.25) is 43.0 Å².